The van der Waals surface area contributed by atoms with E-state index < -0.39 is 0 Å². The van der Waals surface area contributed by atoms with Gasteiger partial charge in [-0.15, -0.1) is 0 Å². The average Bonchev–Trinajstić information content (AvgIpc) is 2.14. The molecule has 0 saturated carbocycles. The van der Waals surface area contributed by atoms with Gasteiger partial charge < -0.3 is 3.07 Å². The number of thioether (sulfide) groups is 1. The summed E-state index contributed by atoms with van der Waals surface area (Å²) in [5, 5.41) is 0. The van der Waals surface area contributed by atoms with Crippen LogP contribution in [0.2, 0.25) is 0 Å². The summed E-state index contributed by atoms with van der Waals surface area (Å²) in [6.07, 6.45) is 0. The first-order valence-electron chi connectivity index (χ1n) is 3.78. The summed E-state index contributed by atoms with van der Waals surface area (Å²) in [4.78, 5) is 0. The van der Waals surface area contributed by atoms with E-state index in [4.69, 9.17) is 3.07 Å². The molecule has 66 valence electrons. The van der Waals surface area contributed by atoms with Crippen LogP contribution in [0.4, 0.5) is 0 Å². The molecule has 1 nitrogen and oxygen atoms in total. The SMILES string of the molecule is IOCCSCc1ccccc1. The monoisotopic (exact) mass is 294 g/mol. The Hall–Kier alpha value is 0.260. The molecule has 0 radical (unpaired) electrons. The van der Waals surface area contributed by atoms with Crippen LogP contribution in [0.1, 0.15) is 5.56 Å². The lowest BCUT2D eigenvalue weighted by atomic mass is 10.2. The summed E-state index contributed by atoms with van der Waals surface area (Å²) in [5.41, 5.74) is 1.39. The Kier molecular flexibility index (Phi) is 5.81. The minimum absolute atomic E-state index is 0.831. The normalized spacial score (nSPS) is 10.1. The zero-order valence-corrected chi connectivity index (χ0v) is 9.68. The standard InChI is InChI=1S/C9H11IOS/c10-11-6-7-12-8-9-4-2-1-3-5-9/h1-5H,6-8H2. The first-order valence-corrected chi connectivity index (χ1v) is 5.82. The number of benzene rings is 1. The molecule has 0 heterocycles. The fourth-order valence-electron chi connectivity index (χ4n) is 0.855. The van der Waals surface area contributed by atoms with E-state index in [-0.39, 0.29) is 0 Å². The summed E-state index contributed by atoms with van der Waals surface area (Å²) in [5.74, 6) is 2.15. The van der Waals surface area contributed by atoms with Crippen molar-refractivity contribution in [2.75, 3.05) is 12.4 Å². The number of rotatable bonds is 5. The van der Waals surface area contributed by atoms with Gasteiger partial charge in [0.25, 0.3) is 0 Å². The van der Waals surface area contributed by atoms with E-state index in [1.807, 2.05) is 40.8 Å². The van der Waals surface area contributed by atoms with E-state index in [1.54, 1.807) is 0 Å². The minimum Gasteiger partial charge on any atom is -0.315 e. The lowest BCUT2D eigenvalue weighted by Gasteiger charge is -1.99. The number of halogens is 1. The van der Waals surface area contributed by atoms with Crippen LogP contribution in [0.15, 0.2) is 30.3 Å². The Bertz CT molecular complexity index is 203. The second-order valence-electron chi connectivity index (χ2n) is 2.35. The zero-order valence-electron chi connectivity index (χ0n) is 6.70. The molecule has 1 rings (SSSR count). The molecule has 0 unspecified atom stereocenters. The van der Waals surface area contributed by atoms with Crippen LogP contribution in [0.5, 0.6) is 0 Å². The van der Waals surface area contributed by atoms with Crippen molar-refractivity contribution in [1.29, 1.82) is 0 Å². The Balaban J connectivity index is 2.16. The molecule has 0 aliphatic carbocycles. The summed E-state index contributed by atoms with van der Waals surface area (Å²) >= 11 is 3.83. The van der Waals surface area contributed by atoms with Gasteiger partial charge in [0.2, 0.25) is 0 Å². The minimum atomic E-state index is 0.831. The quantitative estimate of drug-likeness (QED) is 0.609. The third-order valence-corrected chi connectivity index (χ3v) is 2.85. The molecule has 0 aromatic heterocycles. The van der Waals surface area contributed by atoms with E-state index in [9.17, 15) is 0 Å². The van der Waals surface area contributed by atoms with Crippen molar-refractivity contribution in [2.45, 2.75) is 5.75 Å². The fourth-order valence-corrected chi connectivity index (χ4v) is 2.15. The van der Waals surface area contributed by atoms with Crippen LogP contribution < -0.4 is 0 Å². The predicted octanol–water partition coefficient (Wildman–Crippen LogP) is 3.29. The Morgan fingerprint density at radius 1 is 1.25 bits per heavy atom. The second kappa shape index (κ2) is 6.74. The smallest absolute Gasteiger partial charge is 0.109 e. The molecule has 0 aliphatic rings. The van der Waals surface area contributed by atoms with Crippen LogP contribution in [0.25, 0.3) is 0 Å². The summed E-state index contributed by atoms with van der Waals surface area (Å²) in [6.45, 7) is 0.831. The molecule has 1 aromatic rings. The molecular formula is C9H11IOS. The molecule has 0 spiro atoms. The van der Waals surface area contributed by atoms with Gasteiger partial charge in [0, 0.05) is 11.5 Å². The van der Waals surface area contributed by atoms with Gasteiger partial charge in [0.15, 0.2) is 0 Å². The van der Waals surface area contributed by atoms with Gasteiger partial charge in [-0.05, 0) is 5.56 Å². The molecule has 0 atom stereocenters. The lowest BCUT2D eigenvalue weighted by Crippen LogP contribution is -1.88. The van der Waals surface area contributed by atoms with Crippen LogP contribution in [-0.2, 0) is 8.82 Å². The van der Waals surface area contributed by atoms with Crippen molar-refractivity contribution in [3.63, 3.8) is 0 Å². The summed E-state index contributed by atoms with van der Waals surface area (Å²) in [7, 11) is 0. The maximum absolute atomic E-state index is 4.93. The summed E-state index contributed by atoms with van der Waals surface area (Å²) in [6, 6.07) is 10.5. The Labute approximate surface area is 91.6 Å². The maximum atomic E-state index is 4.93. The predicted molar refractivity (Wildman–Crippen MR) is 62.6 cm³/mol. The molecule has 0 amide bonds. The Morgan fingerprint density at radius 3 is 2.67 bits per heavy atom. The maximum Gasteiger partial charge on any atom is 0.109 e. The van der Waals surface area contributed by atoms with Crippen molar-refractivity contribution >= 4 is 34.8 Å². The van der Waals surface area contributed by atoms with Gasteiger partial charge in [0.05, 0.1) is 6.61 Å². The van der Waals surface area contributed by atoms with E-state index in [1.165, 1.54) is 5.56 Å². The summed E-state index contributed by atoms with van der Waals surface area (Å²) < 4.78 is 4.93. The number of hydrogen-bond acceptors (Lipinski definition) is 2. The highest BCUT2D eigenvalue weighted by molar-refractivity contribution is 14.1. The van der Waals surface area contributed by atoms with Crippen molar-refractivity contribution in [3.8, 4) is 0 Å². The van der Waals surface area contributed by atoms with Crippen molar-refractivity contribution in [1.82, 2.24) is 0 Å². The van der Waals surface area contributed by atoms with Crippen LogP contribution in [0.3, 0.4) is 0 Å². The molecule has 0 bridgehead atoms. The third-order valence-electron chi connectivity index (χ3n) is 1.42. The third kappa shape index (κ3) is 4.33. The van der Waals surface area contributed by atoms with E-state index in [2.05, 4.69) is 24.3 Å². The van der Waals surface area contributed by atoms with Gasteiger partial charge in [-0.1, -0.05) is 30.3 Å². The molecule has 0 saturated heterocycles. The van der Waals surface area contributed by atoms with Crippen LogP contribution >= 0.6 is 34.8 Å². The zero-order chi connectivity index (χ0) is 8.65. The van der Waals surface area contributed by atoms with Crippen LogP contribution in [-0.4, -0.2) is 12.4 Å². The average molecular weight is 294 g/mol. The molecule has 1 aromatic carbocycles. The lowest BCUT2D eigenvalue weighted by molar-refractivity contribution is 0.463. The van der Waals surface area contributed by atoms with Crippen LogP contribution in [0, 0.1) is 0 Å². The van der Waals surface area contributed by atoms with Crippen molar-refractivity contribution in [3.05, 3.63) is 35.9 Å². The highest BCUT2D eigenvalue weighted by Crippen LogP contribution is 2.11. The van der Waals surface area contributed by atoms with Gasteiger partial charge >= 0.3 is 0 Å². The van der Waals surface area contributed by atoms with E-state index in [0.29, 0.717) is 0 Å². The first kappa shape index (κ1) is 10.3. The largest absolute Gasteiger partial charge is 0.315 e. The molecule has 0 aliphatic heterocycles. The van der Waals surface area contributed by atoms with E-state index in [0.717, 1.165) is 18.1 Å². The topological polar surface area (TPSA) is 9.23 Å². The van der Waals surface area contributed by atoms with Gasteiger partial charge in [-0.2, -0.15) is 11.8 Å². The fraction of sp³-hybridized carbons (Fsp3) is 0.333. The van der Waals surface area contributed by atoms with Gasteiger partial charge in [-0.3, -0.25) is 0 Å². The van der Waals surface area contributed by atoms with Gasteiger partial charge in [0.1, 0.15) is 23.0 Å². The van der Waals surface area contributed by atoms with Gasteiger partial charge in [-0.25, -0.2) is 0 Å². The number of hydrogen-bond donors (Lipinski definition) is 0. The Morgan fingerprint density at radius 2 is 2.00 bits per heavy atom. The molecule has 0 N–H and O–H groups in total. The van der Waals surface area contributed by atoms with Crippen molar-refractivity contribution in [2.24, 2.45) is 0 Å². The van der Waals surface area contributed by atoms with Crippen molar-refractivity contribution < 1.29 is 3.07 Å². The highest BCUT2D eigenvalue weighted by atomic mass is 127. The highest BCUT2D eigenvalue weighted by Gasteiger charge is 1.91. The molecular weight excluding hydrogens is 283 g/mol. The molecule has 0 fully saturated rings. The molecule has 12 heavy (non-hydrogen) atoms. The first-order chi connectivity index (χ1) is 5.93. The second-order valence-corrected chi connectivity index (χ2v) is 4.08. The van der Waals surface area contributed by atoms with E-state index >= 15 is 0 Å². The molecule has 3 heteroatoms.